The molecule has 0 bridgehead atoms. The number of benzene rings is 7. The molecule has 0 atom stereocenters. The van der Waals surface area contributed by atoms with Crippen LogP contribution in [0.4, 0.5) is 34.1 Å². The van der Waals surface area contributed by atoms with Crippen LogP contribution in [0.15, 0.2) is 121 Å². The van der Waals surface area contributed by atoms with Gasteiger partial charge in [-0.15, -0.1) is 0 Å². The van der Waals surface area contributed by atoms with E-state index in [9.17, 15) is 0 Å². The van der Waals surface area contributed by atoms with Gasteiger partial charge < -0.3 is 9.80 Å². The number of rotatable bonds is 2. The summed E-state index contributed by atoms with van der Waals surface area (Å²) in [5, 5.41) is 0. The summed E-state index contributed by atoms with van der Waals surface area (Å²) in [7, 11) is 0. The van der Waals surface area contributed by atoms with Crippen molar-refractivity contribution in [3.8, 4) is 0 Å². The zero-order chi connectivity index (χ0) is 40.2. The van der Waals surface area contributed by atoms with E-state index in [1.807, 2.05) is 0 Å². The Morgan fingerprint density at radius 3 is 1.29 bits per heavy atom. The Labute approximate surface area is 345 Å². The zero-order valence-electron chi connectivity index (χ0n) is 35.6. The molecule has 0 unspecified atom stereocenters. The van der Waals surface area contributed by atoms with Crippen LogP contribution >= 0.6 is 0 Å². The molecule has 0 N–H and O–H groups in total. The predicted molar refractivity (Wildman–Crippen MR) is 251 cm³/mol. The van der Waals surface area contributed by atoms with Crippen molar-refractivity contribution in [2.24, 2.45) is 0 Å². The van der Waals surface area contributed by atoms with Crippen molar-refractivity contribution in [3.63, 3.8) is 0 Å². The standard InChI is InChI=1S/C54H50B2N2/c1-31-11-19-37(20-12-31)57-45-24-16-33(3)27-44(45)56-43-30-39-42(29-40(43)54(9,10)50-36(6)17-25-46(57)52(50)56)55-41-23-15-34(4)28-48(41)58(38-21-13-32(2)14-22-38)47-26-18-35(5)49(51(47)55)53(39,7)8/h11-30H,1-10H3. The Morgan fingerprint density at radius 1 is 0.362 bits per heavy atom. The summed E-state index contributed by atoms with van der Waals surface area (Å²) in [6.45, 7) is 23.7. The Morgan fingerprint density at radius 2 is 0.776 bits per heavy atom. The molecule has 0 aromatic heterocycles. The Kier molecular flexibility index (Phi) is 7.28. The second-order valence-electron chi connectivity index (χ2n) is 19.0. The van der Waals surface area contributed by atoms with Gasteiger partial charge in [0, 0.05) is 45.0 Å². The fourth-order valence-electron chi connectivity index (χ4n) is 11.9. The van der Waals surface area contributed by atoms with Crippen molar-refractivity contribution in [3.05, 3.63) is 177 Å². The molecule has 4 aliphatic rings. The van der Waals surface area contributed by atoms with Crippen LogP contribution in [0.1, 0.15) is 83.3 Å². The monoisotopic (exact) mass is 748 g/mol. The molecule has 4 heterocycles. The average Bonchev–Trinajstić information content (AvgIpc) is 3.19. The molecule has 7 aromatic rings. The molecule has 4 heteroatoms. The summed E-state index contributed by atoms with van der Waals surface area (Å²) >= 11 is 0. The highest BCUT2D eigenvalue weighted by Gasteiger charge is 2.51. The third-order valence-corrected chi connectivity index (χ3v) is 14.4. The number of aryl methyl sites for hydroxylation is 6. The molecule has 0 saturated heterocycles. The van der Waals surface area contributed by atoms with Crippen LogP contribution in [0.5, 0.6) is 0 Å². The average molecular weight is 749 g/mol. The van der Waals surface area contributed by atoms with Gasteiger partial charge in [-0.25, -0.2) is 0 Å². The van der Waals surface area contributed by atoms with Crippen molar-refractivity contribution < 1.29 is 0 Å². The topological polar surface area (TPSA) is 6.48 Å². The van der Waals surface area contributed by atoms with Crippen LogP contribution in [-0.2, 0) is 10.8 Å². The van der Waals surface area contributed by atoms with E-state index in [1.165, 1.54) is 123 Å². The molecule has 2 nitrogen and oxygen atoms in total. The normalized spacial score (nSPS) is 15.9. The molecule has 0 fully saturated rings. The fourth-order valence-corrected chi connectivity index (χ4v) is 11.9. The highest BCUT2D eigenvalue weighted by Crippen LogP contribution is 2.47. The maximum Gasteiger partial charge on any atom is 0.247 e. The minimum Gasteiger partial charge on any atom is -0.312 e. The first-order chi connectivity index (χ1) is 27.8. The molecule has 0 amide bonds. The quantitative estimate of drug-likeness (QED) is 0.163. The maximum absolute atomic E-state index is 2.69. The third-order valence-electron chi connectivity index (χ3n) is 14.4. The molecule has 58 heavy (non-hydrogen) atoms. The van der Waals surface area contributed by atoms with E-state index in [4.69, 9.17) is 0 Å². The summed E-state index contributed by atoms with van der Waals surface area (Å²) < 4.78 is 0. The SMILES string of the molecule is Cc1ccc(N2c3ccc(C)cc3B3c4cc5c(cc4C(C)(C)c4c(C)ccc2c43)B2c3ccc(C)cc3N(c3ccc(C)cc3)c3ccc(C)c(c32)C5(C)C)cc1. The Hall–Kier alpha value is -5.73. The lowest BCUT2D eigenvalue weighted by atomic mass is 9.27. The van der Waals surface area contributed by atoms with E-state index in [0.29, 0.717) is 0 Å². The summed E-state index contributed by atoms with van der Waals surface area (Å²) in [5.74, 6) is 0. The van der Waals surface area contributed by atoms with Gasteiger partial charge in [0.15, 0.2) is 0 Å². The molecule has 0 aliphatic carbocycles. The lowest BCUT2D eigenvalue weighted by molar-refractivity contribution is 0.629. The summed E-state index contributed by atoms with van der Waals surface area (Å²) in [6, 6.07) is 47.5. The predicted octanol–water partition coefficient (Wildman–Crippen LogP) is 9.41. The molecular formula is C54H50B2N2. The maximum atomic E-state index is 2.69. The van der Waals surface area contributed by atoms with Crippen LogP contribution in [0.25, 0.3) is 0 Å². The van der Waals surface area contributed by atoms with E-state index >= 15 is 0 Å². The van der Waals surface area contributed by atoms with Crippen molar-refractivity contribution >= 4 is 80.3 Å². The van der Waals surface area contributed by atoms with Crippen LogP contribution in [0, 0.1) is 41.5 Å². The molecule has 11 rings (SSSR count). The minimum absolute atomic E-state index is 0.123. The van der Waals surface area contributed by atoms with E-state index < -0.39 is 0 Å². The van der Waals surface area contributed by atoms with Crippen LogP contribution < -0.4 is 42.6 Å². The molecular weight excluding hydrogens is 698 g/mol. The highest BCUT2D eigenvalue weighted by molar-refractivity contribution is 7.00. The van der Waals surface area contributed by atoms with Gasteiger partial charge in [-0.05, 0) is 151 Å². The first-order valence-corrected chi connectivity index (χ1v) is 21.2. The van der Waals surface area contributed by atoms with E-state index in [2.05, 4.69) is 200 Å². The Bertz CT molecular complexity index is 2920. The molecule has 0 saturated carbocycles. The van der Waals surface area contributed by atoms with Crippen LogP contribution in [-0.4, -0.2) is 13.4 Å². The second-order valence-corrected chi connectivity index (χ2v) is 19.0. The van der Waals surface area contributed by atoms with E-state index in [1.54, 1.807) is 0 Å². The fraction of sp³-hybridized carbons (Fsp3) is 0.222. The first kappa shape index (κ1) is 35.4. The Balaban J connectivity index is 1.22. The van der Waals surface area contributed by atoms with E-state index in [0.717, 1.165) is 0 Å². The molecule has 7 aromatic carbocycles. The highest BCUT2D eigenvalue weighted by atomic mass is 15.2. The third kappa shape index (κ3) is 4.63. The van der Waals surface area contributed by atoms with Crippen molar-refractivity contribution in [1.82, 2.24) is 0 Å². The number of anilines is 6. The van der Waals surface area contributed by atoms with Crippen molar-refractivity contribution in [2.45, 2.75) is 80.1 Å². The number of nitrogens with zero attached hydrogens (tertiary/aromatic N) is 2. The molecule has 0 spiro atoms. The van der Waals surface area contributed by atoms with Crippen LogP contribution in [0.2, 0.25) is 0 Å². The molecule has 4 aliphatic heterocycles. The van der Waals surface area contributed by atoms with Gasteiger partial charge in [-0.1, -0.05) is 128 Å². The smallest absolute Gasteiger partial charge is 0.247 e. The van der Waals surface area contributed by atoms with Gasteiger partial charge in [-0.2, -0.15) is 0 Å². The summed E-state index contributed by atoms with van der Waals surface area (Å²) in [6.07, 6.45) is 0. The first-order valence-electron chi connectivity index (χ1n) is 21.2. The number of hydrogen-bond acceptors (Lipinski definition) is 2. The second kappa shape index (κ2) is 11.9. The number of hydrogen-bond donors (Lipinski definition) is 0. The zero-order valence-corrected chi connectivity index (χ0v) is 35.6. The van der Waals surface area contributed by atoms with Gasteiger partial charge in [0.1, 0.15) is 0 Å². The summed E-state index contributed by atoms with van der Waals surface area (Å²) in [5.41, 5.74) is 29.5. The van der Waals surface area contributed by atoms with Gasteiger partial charge in [-0.3, -0.25) is 0 Å². The van der Waals surface area contributed by atoms with Crippen molar-refractivity contribution in [1.29, 1.82) is 0 Å². The lowest BCUT2D eigenvalue weighted by Gasteiger charge is -2.49. The van der Waals surface area contributed by atoms with Gasteiger partial charge in [0.05, 0.1) is 0 Å². The molecule has 0 radical (unpaired) electrons. The summed E-state index contributed by atoms with van der Waals surface area (Å²) in [4.78, 5) is 5.08. The number of fused-ring (bicyclic) bond motifs is 8. The largest absolute Gasteiger partial charge is 0.312 e. The van der Waals surface area contributed by atoms with Crippen molar-refractivity contribution in [2.75, 3.05) is 9.80 Å². The van der Waals surface area contributed by atoms with Gasteiger partial charge in [0.2, 0.25) is 13.4 Å². The lowest BCUT2D eigenvalue weighted by Crippen LogP contribution is -2.68. The van der Waals surface area contributed by atoms with E-state index in [-0.39, 0.29) is 24.3 Å². The van der Waals surface area contributed by atoms with Gasteiger partial charge >= 0.3 is 0 Å². The van der Waals surface area contributed by atoms with Gasteiger partial charge in [0.25, 0.3) is 0 Å². The minimum atomic E-state index is -0.227. The van der Waals surface area contributed by atoms with Crippen LogP contribution in [0.3, 0.4) is 0 Å². The molecule has 282 valence electrons.